The Kier molecular flexibility index (Phi) is 5.23. The maximum Gasteiger partial charge on any atom is 0.231 e. The van der Waals surface area contributed by atoms with Crippen molar-refractivity contribution in [1.29, 1.82) is 0 Å². The lowest BCUT2D eigenvalue weighted by Crippen LogP contribution is -2.41. The lowest BCUT2D eigenvalue weighted by atomic mass is 9.94. The van der Waals surface area contributed by atoms with Gasteiger partial charge in [-0.1, -0.05) is 19.0 Å². The van der Waals surface area contributed by atoms with Gasteiger partial charge >= 0.3 is 0 Å². The Balaban J connectivity index is 2.68. The molecule has 0 aliphatic rings. The van der Waals surface area contributed by atoms with Gasteiger partial charge in [0.1, 0.15) is 11.7 Å². The van der Waals surface area contributed by atoms with Gasteiger partial charge in [0.15, 0.2) is 5.84 Å². The minimum absolute atomic E-state index is 0.0666. The molecule has 1 amide bonds. The normalized spacial score (nSPS) is 13.4. The number of oxime groups is 1. The van der Waals surface area contributed by atoms with E-state index in [1.54, 1.807) is 19.2 Å². The molecule has 104 valence electrons. The van der Waals surface area contributed by atoms with Crippen LogP contribution in [0.3, 0.4) is 0 Å². The number of nitrogens with one attached hydrogen (secondary N) is 1. The first-order valence-corrected chi connectivity index (χ1v) is 5.99. The summed E-state index contributed by atoms with van der Waals surface area (Å²) in [5.74, 6) is -0.465. The average molecular weight is 265 g/mol. The van der Waals surface area contributed by atoms with E-state index in [9.17, 15) is 4.79 Å². The predicted octanol–water partition coefficient (Wildman–Crippen LogP) is 0.420. The Morgan fingerprint density at radius 3 is 2.79 bits per heavy atom. The predicted molar refractivity (Wildman–Crippen MR) is 70.4 cm³/mol. The third-order valence-electron chi connectivity index (χ3n) is 2.66. The van der Waals surface area contributed by atoms with Gasteiger partial charge in [-0.15, -0.1) is 0 Å². The Bertz CT molecular complexity index is 473. The third-order valence-corrected chi connectivity index (χ3v) is 2.66. The zero-order valence-corrected chi connectivity index (χ0v) is 11.3. The van der Waals surface area contributed by atoms with Crippen molar-refractivity contribution >= 4 is 11.7 Å². The van der Waals surface area contributed by atoms with Crippen LogP contribution in [0.4, 0.5) is 0 Å². The molecule has 19 heavy (non-hydrogen) atoms. The molecule has 0 saturated carbocycles. The number of amides is 1. The first-order chi connectivity index (χ1) is 8.95. The van der Waals surface area contributed by atoms with E-state index < -0.39 is 5.92 Å². The highest BCUT2D eigenvalue weighted by Gasteiger charge is 2.26. The van der Waals surface area contributed by atoms with E-state index >= 15 is 0 Å². The second-order valence-electron chi connectivity index (χ2n) is 4.56. The quantitative estimate of drug-likeness (QED) is 0.309. The molecule has 0 bridgehead atoms. The van der Waals surface area contributed by atoms with E-state index in [1.165, 1.54) is 0 Å². The van der Waals surface area contributed by atoms with Crippen molar-refractivity contribution in [3.05, 3.63) is 23.8 Å². The Hall–Kier alpha value is -2.18. The molecule has 7 nitrogen and oxygen atoms in total. The highest BCUT2D eigenvalue weighted by molar-refractivity contribution is 6.02. The third kappa shape index (κ3) is 4.20. The van der Waals surface area contributed by atoms with Gasteiger partial charge in [-0.05, 0) is 18.9 Å². The molecule has 0 aliphatic carbocycles. The molecule has 0 spiro atoms. The lowest BCUT2D eigenvalue weighted by Gasteiger charge is -2.18. The lowest BCUT2D eigenvalue weighted by molar-refractivity contribution is -0.124. The zero-order chi connectivity index (χ0) is 14.4. The number of nitrogens with zero attached hydrogens (tertiary/aromatic N) is 3. The second kappa shape index (κ2) is 6.67. The van der Waals surface area contributed by atoms with Gasteiger partial charge in [-0.3, -0.25) is 4.79 Å². The fraction of sp³-hybridized carbons (Fsp3) is 0.500. The maximum absolute atomic E-state index is 12.0. The van der Waals surface area contributed by atoms with E-state index in [0.29, 0.717) is 11.5 Å². The summed E-state index contributed by atoms with van der Waals surface area (Å²) >= 11 is 0. The standard InChI is InChI=1S/C12H19N5O2/c1-7(2)10(11(13)17-19)12(18)15-6-9-4-5-14-8(3)16-9/h4-5,7,10,19H,6H2,1-3H3,(H2,13,17)(H,15,18). The first kappa shape index (κ1) is 14.9. The topological polar surface area (TPSA) is 113 Å². The molecular formula is C12H19N5O2. The SMILES string of the molecule is Cc1nccc(CNC(=O)C(C(N)=NO)C(C)C)n1. The molecule has 0 fully saturated rings. The van der Waals surface area contributed by atoms with Crippen LogP contribution in [-0.4, -0.2) is 26.9 Å². The molecule has 1 atom stereocenters. The van der Waals surface area contributed by atoms with Crippen molar-refractivity contribution < 1.29 is 10.0 Å². The molecule has 0 radical (unpaired) electrons. The number of hydrogen-bond donors (Lipinski definition) is 3. The maximum atomic E-state index is 12.0. The molecular weight excluding hydrogens is 246 g/mol. The Morgan fingerprint density at radius 1 is 1.58 bits per heavy atom. The van der Waals surface area contributed by atoms with E-state index in [4.69, 9.17) is 10.9 Å². The molecule has 7 heteroatoms. The van der Waals surface area contributed by atoms with Crippen molar-refractivity contribution in [2.75, 3.05) is 0 Å². The van der Waals surface area contributed by atoms with Gasteiger partial charge in [0, 0.05) is 6.20 Å². The summed E-state index contributed by atoms with van der Waals surface area (Å²) in [7, 11) is 0. The number of carbonyl (C=O) groups excluding carboxylic acids is 1. The van der Waals surface area contributed by atoms with Crippen molar-refractivity contribution in [1.82, 2.24) is 15.3 Å². The van der Waals surface area contributed by atoms with Crippen LogP contribution in [0.5, 0.6) is 0 Å². The number of hydrogen-bond acceptors (Lipinski definition) is 5. The zero-order valence-electron chi connectivity index (χ0n) is 11.3. The van der Waals surface area contributed by atoms with Crippen LogP contribution in [0.25, 0.3) is 0 Å². The largest absolute Gasteiger partial charge is 0.409 e. The minimum atomic E-state index is -0.659. The number of amidine groups is 1. The van der Waals surface area contributed by atoms with Crippen LogP contribution in [0.2, 0.25) is 0 Å². The smallest absolute Gasteiger partial charge is 0.231 e. The van der Waals surface area contributed by atoms with Gasteiger partial charge in [-0.2, -0.15) is 0 Å². The number of nitrogens with two attached hydrogens (primary N) is 1. The highest BCUT2D eigenvalue weighted by atomic mass is 16.4. The van der Waals surface area contributed by atoms with Crippen LogP contribution in [0.1, 0.15) is 25.4 Å². The summed E-state index contributed by atoms with van der Waals surface area (Å²) in [5, 5.41) is 14.3. The number of aryl methyl sites for hydroxylation is 1. The van der Waals surface area contributed by atoms with Crippen molar-refractivity contribution in [2.45, 2.75) is 27.3 Å². The summed E-state index contributed by atoms with van der Waals surface area (Å²) in [6.45, 7) is 5.72. The molecule has 1 aromatic rings. The van der Waals surface area contributed by atoms with Gasteiger partial charge in [0.05, 0.1) is 12.2 Å². The van der Waals surface area contributed by atoms with Crippen LogP contribution in [0, 0.1) is 18.8 Å². The molecule has 1 unspecified atom stereocenters. The van der Waals surface area contributed by atoms with Crippen LogP contribution >= 0.6 is 0 Å². The molecule has 0 aliphatic heterocycles. The first-order valence-electron chi connectivity index (χ1n) is 5.99. The minimum Gasteiger partial charge on any atom is -0.409 e. The summed E-state index contributed by atoms with van der Waals surface area (Å²) in [5.41, 5.74) is 6.24. The fourth-order valence-corrected chi connectivity index (χ4v) is 1.73. The van der Waals surface area contributed by atoms with Crippen molar-refractivity contribution in [3.8, 4) is 0 Å². The van der Waals surface area contributed by atoms with Crippen LogP contribution in [-0.2, 0) is 11.3 Å². The fourth-order valence-electron chi connectivity index (χ4n) is 1.73. The van der Waals surface area contributed by atoms with Gasteiger partial charge in [-0.25, -0.2) is 9.97 Å². The van der Waals surface area contributed by atoms with E-state index in [1.807, 2.05) is 13.8 Å². The summed E-state index contributed by atoms with van der Waals surface area (Å²) in [6, 6.07) is 1.72. The van der Waals surface area contributed by atoms with Crippen LogP contribution < -0.4 is 11.1 Å². The van der Waals surface area contributed by atoms with E-state index in [2.05, 4.69) is 20.4 Å². The van der Waals surface area contributed by atoms with Crippen LogP contribution in [0.15, 0.2) is 17.4 Å². The molecule has 1 rings (SSSR count). The summed E-state index contributed by atoms with van der Waals surface area (Å²) < 4.78 is 0. The van der Waals surface area contributed by atoms with Gasteiger partial charge in [0.25, 0.3) is 0 Å². The molecule has 0 aromatic carbocycles. The highest BCUT2D eigenvalue weighted by Crippen LogP contribution is 2.11. The number of rotatable bonds is 5. The average Bonchev–Trinajstić information content (AvgIpc) is 2.36. The van der Waals surface area contributed by atoms with Crippen molar-refractivity contribution in [2.24, 2.45) is 22.7 Å². The van der Waals surface area contributed by atoms with E-state index in [-0.39, 0.29) is 24.2 Å². The van der Waals surface area contributed by atoms with Gasteiger partial charge in [0.2, 0.25) is 5.91 Å². The van der Waals surface area contributed by atoms with E-state index in [0.717, 1.165) is 0 Å². The van der Waals surface area contributed by atoms with Gasteiger partial charge < -0.3 is 16.3 Å². The van der Waals surface area contributed by atoms with Crippen molar-refractivity contribution in [3.63, 3.8) is 0 Å². The monoisotopic (exact) mass is 265 g/mol. The molecule has 0 saturated heterocycles. The number of aromatic nitrogens is 2. The number of carbonyl (C=O) groups is 1. The Morgan fingerprint density at radius 2 is 2.26 bits per heavy atom. The molecule has 1 heterocycles. The summed E-state index contributed by atoms with van der Waals surface area (Å²) in [4.78, 5) is 20.2. The second-order valence-corrected chi connectivity index (χ2v) is 4.56. The summed E-state index contributed by atoms with van der Waals surface area (Å²) in [6.07, 6.45) is 1.63. The molecule has 4 N–H and O–H groups in total. The molecule has 1 aromatic heterocycles. The Labute approximate surface area is 111 Å².